The molecule has 0 atom stereocenters. The van der Waals surface area contributed by atoms with Gasteiger partial charge in [-0.05, 0) is 36.5 Å². The van der Waals surface area contributed by atoms with Gasteiger partial charge in [0, 0.05) is 13.7 Å². The van der Waals surface area contributed by atoms with Gasteiger partial charge in [0.2, 0.25) is 0 Å². The van der Waals surface area contributed by atoms with Gasteiger partial charge < -0.3 is 9.47 Å². The van der Waals surface area contributed by atoms with Gasteiger partial charge in [0.05, 0.1) is 13.2 Å². The average Bonchev–Trinajstić information content (AvgIpc) is 2.58. The zero-order valence-corrected chi connectivity index (χ0v) is 15.0. The summed E-state index contributed by atoms with van der Waals surface area (Å²) in [6, 6.07) is 0. The molecule has 0 heterocycles. The Bertz CT molecular complexity index is 263. The van der Waals surface area contributed by atoms with Crippen LogP contribution >= 0.6 is 0 Å². The van der Waals surface area contributed by atoms with Crippen molar-refractivity contribution in [1.29, 1.82) is 0 Å². The monoisotopic (exact) mass is 310 g/mol. The van der Waals surface area contributed by atoms with Gasteiger partial charge >= 0.3 is 0 Å². The number of rotatable bonds is 9. The Balaban J connectivity index is 1.50. The molecule has 0 aliphatic heterocycles. The van der Waals surface area contributed by atoms with E-state index >= 15 is 0 Å². The molecule has 2 saturated carbocycles. The molecule has 0 aromatic carbocycles. The molecule has 22 heavy (non-hydrogen) atoms. The lowest BCUT2D eigenvalue weighted by Crippen LogP contribution is -2.21. The van der Waals surface area contributed by atoms with Crippen LogP contribution < -0.4 is 0 Å². The maximum atomic E-state index is 5.70. The first-order chi connectivity index (χ1) is 10.8. The molecule has 0 spiro atoms. The Morgan fingerprint density at radius 2 is 1.18 bits per heavy atom. The molecule has 0 N–H and O–H groups in total. The fourth-order valence-electron chi connectivity index (χ4n) is 4.48. The molecule has 0 aromatic heterocycles. The molecule has 2 heteroatoms. The Morgan fingerprint density at radius 1 is 0.682 bits per heavy atom. The maximum absolute atomic E-state index is 5.70. The largest absolute Gasteiger partial charge is 0.382 e. The van der Waals surface area contributed by atoms with Gasteiger partial charge in [-0.2, -0.15) is 0 Å². The van der Waals surface area contributed by atoms with Gasteiger partial charge in [0.15, 0.2) is 0 Å². The summed E-state index contributed by atoms with van der Waals surface area (Å²) < 4.78 is 10.7. The highest BCUT2D eigenvalue weighted by atomic mass is 16.5. The van der Waals surface area contributed by atoms with E-state index in [9.17, 15) is 0 Å². The van der Waals surface area contributed by atoms with Crippen LogP contribution in [0.5, 0.6) is 0 Å². The van der Waals surface area contributed by atoms with E-state index in [-0.39, 0.29) is 0 Å². The molecule has 2 aliphatic rings. The summed E-state index contributed by atoms with van der Waals surface area (Å²) in [6.45, 7) is 4.81. The molecule has 0 saturated heterocycles. The summed E-state index contributed by atoms with van der Waals surface area (Å²) in [7, 11) is 1.74. The number of methoxy groups -OCH3 is 1. The third-order valence-corrected chi connectivity index (χ3v) is 6.28. The second-order valence-corrected chi connectivity index (χ2v) is 7.83. The van der Waals surface area contributed by atoms with E-state index in [2.05, 4.69) is 6.92 Å². The van der Waals surface area contributed by atoms with Gasteiger partial charge in [-0.1, -0.05) is 64.7 Å². The highest BCUT2D eigenvalue weighted by Crippen LogP contribution is 2.37. The summed E-state index contributed by atoms with van der Waals surface area (Å²) in [5.74, 6) is 3.93. The number of hydrogen-bond donors (Lipinski definition) is 0. The SMILES string of the molecule is CCC1CCC(CCC2CCC(COCCOC)CC2)CC1. The predicted molar refractivity (Wildman–Crippen MR) is 93.1 cm³/mol. The number of hydrogen-bond acceptors (Lipinski definition) is 2. The quantitative estimate of drug-likeness (QED) is 0.527. The lowest BCUT2D eigenvalue weighted by atomic mass is 9.75. The van der Waals surface area contributed by atoms with E-state index in [4.69, 9.17) is 9.47 Å². The Kier molecular flexibility index (Phi) is 8.84. The molecule has 0 amide bonds. The van der Waals surface area contributed by atoms with Crippen molar-refractivity contribution in [3.05, 3.63) is 0 Å². The normalized spacial score (nSPS) is 33.0. The van der Waals surface area contributed by atoms with Crippen LogP contribution in [0.4, 0.5) is 0 Å². The lowest BCUT2D eigenvalue weighted by molar-refractivity contribution is 0.0391. The Hall–Kier alpha value is -0.0800. The van der Waals surface area contributed by atoms with Crippen LogP contribution in [-0.2, 0) is 9.47 Å². The smallest absolute Gasteiger partial charge is 0.0700 e. The van der Waals surface area contributed by atoms with Gasteiger partial charge in [-0.25, -0.2) is 0 Å². The third kappa shape index (κ3) is 6.58. The minimum atomic E-state index is 0.732. The molecule has 2 fully saturated rings. The standard InChI is InChI=1S/C20H38O2/c1-3-17-4-6-18(7-5-17)8-9-19-10-12-20(13-11-19)16-22-15-14-21-2/h17-20H,3-16H2,1-2H3. The average molecular weight is 311 g/mol. The van der Waals surface area contributed by atoms with E-state index in [0.29, 0.717) is 0 Å². The summed E-state index contributed by atoms with van der Waals surface area (Å²) in [6.07, 6.45) is 16.1. The van der Waals surface area contributed by atoms with Gasteiger partial charge in [0.25, 0.3) is 0 Å². The first-order valence-electron chi connectivity index (χ1n) is 9.88. The lowest BCUT2D eigenvalue weighted by Gasteiger charge is -2.31. The van der Waals surface area contributed by atoms with Crippen molar-refractivity contribution in [1.82, 2.24) is 0 Å². The zero-order chi connectivity index (χ0) is 15.6. The van der Waals surface area contributed by atoms with Crippen LogP contribution in [0.1, 0.15) is 77.6 Å². The highest BCUT2D eigenvalue weighted by Gasteiger charge is 2.24. The van der Waals surface area contributed by atoms with Crippen molar-refractivity contribution in [3.8, 4) is 0 Å². The predicted octanol–water partition coefficient (Wildman–Crippen LogP) is 5.45. The molecule has 2 rings (SSSR count). The molecule has 0 unspecified atom stereocenters. The van der Waals surface area contributed by atoms with E-state index in [1.54, 1.807) is 7.11 Å². The van der Waals surface area contributed by atoms with Crippen LogP contribution in [0.3, 0.4) is 0 Å². The van der Waals surface area contributed by atoms with Crippen molar-refractivity contribution in [2.45, 2.75) is 77.6 Å². The van der Waals surface area contributed by atoms with E-state index in [1.807, 2.05) is 0 Å². The molecule has 130 valence electrons. The zero-order valence-electron chi connectivity index (χ0n) is 15.0. The maximum Gasteiger partial charge on any atom is 0.0700 e. The van der Waals surface area contributed by atoms with Crippen molar-refractivity contribution in [2.75, 3.05) is 26.9 Å². The molecular formula is C20H38O2. The van der Waals surface area contributed by atoms with E-state index in [1.165, 1.54) is 70.6 Å². The highest BCUT2D eigenvalue weighted by molar-refractivity contribution is 4.76. The minimum absolute atomic E-state index is 0.732. The molecular weight excluding hydrogens is 272 g/mol. The molecule has 2 aliphatic carbocycles. The Labute approximate surface area is 138 Å². The fourth-order valence-corrected chi connectivity index (χ4v) is 4.48. The topological polar surface area (TPSA) is 18.5 Å². The second kappa shape index (κ2) is 10.6. The molecule has 2 nitrogen and oxygen atoms in total. The third-order valence-electron chi connectivity index (χ3n) is 6.28. The van der Waals surface area contributed by atoms with Crippen LogP contribution in [-0.4, -0.2) is 26.9 Å². The van der Waals surface area contributed by atoms with E-state index < -0.39 is 0 Å². The van der Waals surface area contributed by atoms with Crippen LogP contribution in [0, 0.1) is 23.7 Å². The number of ether oxygens (including phenoxy) is 2. The first-order valence-corrected chi connectivity index (χ1v) is 9.88. The molecule has 0 aromatic rings. The van der Waals surface area contributed by atoms with Crippen molar-refractivity contribution < 1.29 is 9.47 Å². The van der Waals surface area contributed by atoms with Crippen molar-refractivity contribution >= 4 is 0 Å². The summed E-state index contributed by atoms with van der Waals surface area (Å²) in [5.41, 5.74) is 0. The van der Waals surface area contributed by atoms with Crippen molar-refractivity contribution in [3.63, 3.8) is 0 Å². The molecule has 0 bridgehead atoms. The van der Waals surface area contributed by atoms with Crippen molar-refractivity contribution in [2.24, 2.45) is 23.7 Å². The summed E-state index contributed by atoms with van der Waals surface area (Å²) in [5, 5.41) is 0. The summed E-state index contributed by atoms with van der Waals surface area (Å²) in [4.78, 5) is 0. The summed E-state index contributed by atoms with van der Waals surface area (Å²) >= 11 is 0. The van der Waals surface area contributed by atoms with E-state index in [0.717, 1.165) is 43.5 Å². The van der Waals surface area contributed by atoms with Crippen LogP contribution in [0.15, 0.2) is 0 Å². The second-order valence-electron chi connectivity index (χ2n) is 7.83. The minimum Gasteiger partial charge on any atom is -0.382 e. The molecule has 0 radical (unpaired) electrons. The van der Waals surface area contributed by atoms with Crippen LogP contribution in [0.25, 0.3) is 0 Å². The fraction of sp³-hybridized carbons (Fsp3) is 1.00. The van der Waals surface area contributed by atoms with Gasteiger partial charge in [-0.3, -0.25) is 0 Å². The first kappa shape index (κ1) is 18.3. The Morgan fingerprint density at radius 3 is 1.68 bits per heavy atom. The van der Waals surface area contributed by atoms with Gasteiger partial charge in [-0.15, -0.1) is 0 Å². The van der Waals surface area contributed by atoms with Crippen LogP contribution in [0.2, 0.25) is 0 Å². The van der Waals surface area contributed by atoms with Gasteiger partial charge in [0.1, 0.15) is 0 Å².